The van der Waals surface area contributed by atoms with E-state index in [-0.39, 0.29) is 12.8 Å². The fourth-order valence-electron chi connectivity index (χ4n) is 2.34. The van der Waals surface area contributed by atoms with Crippen molar-refractivity contribution >= 4 is 29.4 Å². The van der Waals surface area contributed by atoms with Gasteiger partial charge in [-0.2, -0.15) is 10.2 Å². The van der Waals surface area contributed by atoms with Gasteiger partial charge in [0.15, 0.2) is 0 Å². The van der Waals surface area contributed by atoms with Gasteiger partial charge in [0.2, 0.25) is 0 Å². The van der Waals surface area contributed by atoms with Crippen molar-refractivity contribution in [1.29, 1.82) is 0 Å². The number of nitrogens with two attached hydrogens (primary N) is 1. The van der Waals surface area contributed by atoms with E-state index < -0.39 is 23.9 Å². The van der Waals surface area contributed by atoms with Crippen LogP contribution in [0.15, 0.2) is 70.9 Å². The number of allylic oxidation sites excluding steroid dienone is 1. The standard InChI is InChI=1S/C20H21N3O4/c21-18(20(26)27)13-15(19(24)25)6-4-5-14-9-11-17(12-10-14)23-22-16-7-2-1-3-8-16/h1-5,7-12,15,18H,6,13,21H2,(H,24,25)(H,26,27)/b5-4+,23-22?/t15?,18-/m0/s1. The molecule has 0 bridgehead atoms. The van der Waals surface area contributed by atoms with Crippen LogP contribution in [0, 0.1) is 5.92 Å². The van der Waals surface area contributed by atoms with Crippen molar-refractivity contribution in [3.05, 3.63) is 66.2 Å². The number of carboxylic acid groups (broad SMARTS) is 2. The SMILES string of the molecule is N[C@@H](CC(C/C=C/c1ccc(N=Nc2ccccc2)cc1)C(=O)O)C(=O)O. The zero-order valence-corrected chi connectivity index (χ0v) is 14.6. The monoisotopic (exact) mass is 367 g/mol. The lowest BCUT2D eigenvalue weighted by atomic mass is 9.96. The van der Waals surface area contributed by atoms with Crippen molar-refractivity contribution in [2.45, 2.75) is 18.9 Å². The van der Waals surface area contributed by atoms with Gasteiger partial charge in [-0.05, 0) is 42.7 Å². The van der Waals surface area contributed by atoms with Gasteiger partial charge in [0.1, 0.15) is 6.04 Å². The summed E-state index contributed by atoms with van der Waals surface area (Å²) in [7, 11) is 0. The van der Waals surface area contributed by atoms with Gasteiger partial charge in [-0.1, -0.05) is 42.5 Å². The third-order valence-electron chi connectivity index (χ3n) is 3.87. The van der Waals surface area contributed by atoms with Gasteiger partial charge in [0.25, 0.3) is 0 Å². The minimum absolute atomic E-state index is 0.117. The maximum absolute atomic E-state index is 11.2. The van der Waals surface area contributed by atoms with Gasteiger partial charge < -0.3 is 15.9 Å². The predicted octanol–water partition coefficient (Wildman–Crippen LogP) is 4.01. The second kappa shape index (κ2) is 9.98. The molecular formula is C20H21N3O4. The Morgan fingerprint density at radius 3 is 2.07 bits per heavy atom. The molecule has 2 aromatic rings. The van der Waals surface area contributed by atoms with Crippen LogP contribution in [0.2, 0.25) is 0 Å². The fourth-order valence-corrected chi connectivity index (χ4v) is 2.34. The maximum Gasteiger partial charge on any atom is 0.320 e. The van der Waals surface area contributed by atoms with E-state index in [1.54, 1.807) is 24.3 Å². The number of azo groups is 1. The van der Waals surface area contributed by atoms with Crippen molar-refractivity contribution in [2.24, 2.45) is 21.9 Å². The molecule has 0 saturated heterocycles. The van der Waals surface area contributed by atoms with E-state index in [4.69, 9.17) is 10.8 Å². The summed E-state index contributed by atoms with van der Waals surface area (Å²) in [6, 6.07) is 15.5. The second-order valence-electron chi connectivity index (χ2n) is 5.98. The Balaban J connectivity index is 1.93. The molecule has 7 heteroatoms. The van der Waals surface area contributed by atoms with Crippen LogP contribution in [0.5, 0.6) is 0 Å². The molecule has 0 heterocycles. The summed E-state index contributed by atoms with van der Waals surface area (Å²) in [5.74, 6) is -3.11. The van der Waals surface area contributed by atoms with E-state index >= 15 is 0 Å². The zero-order valence-electron chi connectivity index (χ0n) is 14.6. The quantitative estimate of drug-likeness (QED) is 0.577. The first-order chi connectivity index (χ1) is 13.0. The number of nitrogens with zero attached hydrogens (tertiary/aromatic N) is 2. The highest BCUT2D eigenvalue weighted by atomic mass is 16.4. The van der Waals surface area contributed by atoms with Gasteiger partial charge in [0.05, 0.1) is 17.3 Å². The molecule has 7 nitrogen and oxygen atoms in total. The number of aliphatic carboxylic acids is 2. The first-order valence-electron chi connectivity index (χ1n) is 8.40. The van der Waals surface area contributed by atoms with Crippen LogP contribution in [0.4, 0.5) is 11.4 Å². The average molecular weight is 367 g/mol. The molecule has 2 aromatic carbocycles. The normalized spacial score (nSPS) is 13.7. The van der Waals surface area contributed by atoms with E-state index in [0.29, 0.717) is 5.69 Å². The van der Waals surface area contributed by atoms with Crippen LogP contribution < -0.4 is 5.73 Å². The molecule has 0 amide bonds. The Morgan fingerprint density at radius 2 is 1.52 bits per heavy atom. The molecule has 27 heavy (non-hydrogen) atoms. The van der Waals surface area contributed by atoms with Crippen LogP contribution in [-0.4, -0.2) is 28.2 Å². The number of benzene rings is 2. The molecule has 1 unspecified atom stereocenters. The highest BCUT2D eigenvalue weighted by Gasteiger charge is 2.23. The van der Waals surface area contributed by atoms with E-state index in [2.05, 4.69) is 10.2 Å². The Morgan fingerprint density at radius 1 is 0.926 bits per heavy atom. The number of rotatable bonds is 9. The molecule has 0 saturated carbocycles. The lowest BCUT2D eigenvalue weighted by molar-refractivity contribution is -0.143. The predicted molar refractivity (Wildman–Crippen MR) is 102 cm³/mol. The summed E-state index contributed by atoms with van der Waals surface area (Å²) < 4.78 is 0. The summed E-state index contributed by atoms with van der Waals surface area (Å²) in [4.78, 5) is 22.0. The summed E-state index contributed by atoms with van der Waals surface area (Å²) in [6.07, 6.45) is 3.56. The van der Waals surface area contributed by atoms with Crippen molar-refractivity contribution in [1.82, 2.24) is 0 Å². The van der Waals surface area contributed by atoms with E-state index in [1.165, 1.54) is 0 Å². The van der Waals surface area contributed by atoms with Crippen LogP contribution in [0.25, 0.3) is 6.08 Å². The van der Waals surface area contributed by atoms with Gasteiger partial charge in [-0.25, -0.2) is 0 Å². The van der Waals surface area contributed by atoms with Crippen LogP contribution >= 0.6 is 0 Å². The highest BCUT2D eigenvalue weighted by Crippen LogP contribution is 2.19. The fraction of sp³-hybridized carbons (Fsp3) is 0.200. The molecule has 0 aliphatic carbocycles. The third kappa shape index (κ3) is 6.83. The Hall–Kier alpha value is -3.32. The topological polar surface area (TPSA) is 125 Å². The third-order valence-corrected chi connectivity index (χ3v) is 3.87. The molecule has 0 aliphatic rings. The average Bonchev–Trinajstić information content (AvgIpc) is 2.67. The summed E-state index contributed by atoms with van der Waals surface area (Å²) in [5.41, 5.74) is 7.76. The van der Waals surface area contributed by atoms with Crippen LogP contribution in [0.3, 0.4) is 0 Å². The maximum atomic E-state index is 11.2. The minimum atomic E-state index is -1.20. The first-order valence-corrected chi connectivity index (χ1v) is 8.40. The zero-order chi connectivity index (χ0) is 19.6. The van der Waals surface area contributed by atoms with Crippen molar-refractivity contribution in [3.8, 4) is 0 Å². The van der Waals surface area contributed by atoms with Crippen LogP contribution in [0.1, 0.15) is 18.4 Å². The molecule has 4 N–H and O–H groups in total. The Labute approximate surface area is 156 Å². The molecule has 0 aromatic heterocycles. The number of carbonyl (C=O) groups is 2. The van der Waals surface area contributed by atoms with Gasteiger partial charge in [-0.3, -0.25) is 9.59 Å². The summed E-state index contributed by atoms with van der Waals surface area (Å²) in [6.45, 7) is 0. The summed E-state index contributed by atoms with van der Waals surface area (Å²) in [5, 5.41) is 26.3. The van der Waals surface area contributed by atoms with Crippen LogP contribution in [-0.2, 0) is 9.59 Å². The Bertz CT molecular complexity index is 817. The second-order valence-corrected chi connectivity index (χ2v) is 5.98. The molecule has 0 radical (unpaired) electrons. The smallest absolute Gasteiger partial charge is 0.320 e. The molecule has 140 valence electrons. The highest BCUT2D eigenvalue weighted by molar-refractivity contribution is 5.76. The number of hydrogen-bond acceptors (Lipinski definition) is 5. The van der Waals surface area contributed by atoms with Crippen molar-refractivity contribution < 1.29 is 19.8 Å². The molecular weight excluding hydrogens is 346 g/mol. The Kier molecular flexibility index (Phi) is 7.39. The molecule has 2 atom stereocenters. The lowest BCUT2D eigenvalue weighted by Crippen LogP contribution is -2.34. The molecule has 2 rings (SSSR count). The number of hydrogen-bond donors (Lipinski definition) is 3. The number of carboxylic acids is 2. The summed E-state index contributed by atoms with van der Waals surface area (Å²) >= 11 is 0. The van der Waals surface area contributed by atoms with E-state index in [1.807, 2.05) is 42.5 Å². The molecule has 0 fully saturated rings. The first kappa shape index (κ1) is 20.0. The minimum Gasteiger partial charge on any atom is -0.481 e. The molecule has 0 spiro atoms. The van der Waals surface area contributed by atoms with E-state index in [9.17, 15) is 14.7 Å². The van der Waals surface area contributed by atoms with Gasteiger partial charge >= 0.3 is 11.9 Å². The van der Waals surface area contributed by atoms with Gasteiger partial charge in [-0.15, -0.1) is 0 Å². The largest absolute Gasteiger partial charge is 0.481 e. The van der Waals surface area contributed by atoms with Crippen molar-refractivity contribution in [2.75, 3.05) is 0 Å². The van der Waals surface area contributed by atoms with E-state index in [0.717, 1.165) is 11.3 Å². The molecule has 0 aliphatic heterocycles. The van der Waals surface area contributed by atoms with Gasteiger partial charge in [0, 0.05) is 0 Å². The lowest BCUT2D eigenvalue weighted by Gasteiger charge is -2.12. The van der Waals surface area contributed by atoms with Crippen molar-refractivity contribution in [3.63, 3.8) is 0 Å².